The summed E-state index contributed by atoms with van der Waals surface area (Å²) >= 11 is 0. The number of halogens is 3. The van der Waals surface area contributed by atoms with Crippen molar-refractivity contribution >= 4 is 24.6 Å². The van der Waals surface area contributed by atoms with Gasteiger partial charge in [-0.3, -0.25) is 0 Å². The monoisotopic (exact) mass is 345 g/mol. The molecular formula is C15H18ClF2N3O2. The molecule has 1 aromatic carbocycles. The summed E-state index contributed by atoms with van der Waals surface area (Å²) in [5.74, 6) is 1.14. The van der Waals surface area contributed by atoms with E-state index in [1.165, 1.54) is 12.1 Å². The highest BCUT2D eigenvalue weighted by atomic mass is 35.5. The minimum Gasteiger partial charge on any atom is -0.435 e. The first-order valence-electron chi connectivity index (χ1n) is 6.79. The molecule has 0 saturated carbocycles. The molecule has 0 aliphatic rings. The minimum absolute atomic E-state index is 0. The van der Waals surface area contributed by atoms with Gasteiger partial charge in [0.1, 0.15) is 5.75 Å². The summed E-state index contributed by atoms with van der Waals surface area (Å²) in [6.45, 7) is -0.798. The lowest BCUT2D eigenvalue weighted by Crippen LogP contribution is -2.24. The van der Waals surface area contributed by atoms with Gasteiger partial charge in [0.2, 0.25) is 0 Å². The summed E-state index contributed by atoms with van der Waals surface area (Å²) in [6.07, 6.45) is 4.10. The van der Waals surface area contributed by atoms with Gasteiger partial charge in [-0.15, -0.1) is 12.4 Å². The average Bonchev–Trinajstić information content (AvgIpc) is 2.93. The predicted molar refractivity (Wildman–Crippen MR) is 85.8 cm³/mol. The van der Waals surface area contributed by atoms with E-state index < -0.39 is 6.61 Å². The Morgan fingerprint density at radius 1 is 1.26 bits per heavy atom. The molecule has 0 radical (unpaired) electrons. The number of hydrogen-bond acceptors (Lipinski definition) is 5. The topological polar surface area (TPSA) is 60.2 Å². The SMILES string of the molecule is CNC(C)Cc1noc(/C=C/c2ccc(OC(F)F)cc2)n1.Cl. The Morgan fingerprint density at radius 3 is 2.57 bits per heavy atom. The summed E-state index contributed by atoms with van der Waals surface area (Å²) in [6, 6.07) is 6.53. The van der Waals surface area contributed by atoms with Crippen LogP contribution in [-0.4, -0.2) is 29.8 Å². The third-order valence-corrected chi connectivity index (χ3v) is 2.99. The van der Waals surface area contributed by atoms with E-state index in [1.807, 2.05) is 14.0 Å². The van der Waals surface area contributed by atoms with Crippen LogP contribution in [0.25, 0.3) is 12.2 Å². The normalized spacial score (nSPS) is 12.4. The number of rotatable bonds is 7. The van der Waals surface area contributed by atoms with Crippen LogP contribution < -0.4 is 10.1 Å². The van der Waals surface area contributed by atoms with Gasteiger partial charge in [0.15, 0.2) is 5.82 Å². The zero-order valence-corrected chi connectivity index (χ0v) is 13.5. The van der Waals surface area contributed by atoms with Crippen molar-refractivity contribution in [3.05, 3.63) is 41.5 Å². The van der Waals surface area contributed by atoms with Gasteiger partial charge in [-0.05, 0) is 37.7 Å². The molecule has 23 heavy (non-hydrogen) atoms. The molecule has 1 atom stereocenters. The number of hydrogen-bond donors (Lipinski definition) is 1. The Balaban J connectivity index is 0.00000264. The molecule has 0 fully saturated rings. The Kier molecular flexibility index (Phi) is 7.64. The minimum atomic E-state index is -2.82. The lowest BCUT2D eigenvalue weighted by atomic mass is 10.2. The van der Waals surface area contributed by atoms with Crippen molar-refractivity contribution in [1.82, 2.24) is 15.5 Å². The van der Waals surface area contributed by atoms with Crippen LogP contribution in [0.15, 0.2) is 28.8 Å². The first kappa shape index (κ1) is 19.1. The third kappa shape index (κ3) is 6.33. The highest BCUT2D eigenvalue weighted by molar-refractivity contribution is 5.85. The second-order valence-electron chi connectivity index (χ2n) is 4.72. The molecule has 0 spiro atoms. The molecule has 2 aromatic rings. The third-order valence-electron chi connectivity index (χ3n) is 2.99. The highest BCUT2D eigenvalue weighted by Gasteiger charge is 2.07. The van der Waals surface area contributed by atoms with E-state index in [0.29, 0.717) is 18.1 Å². The number of nitrogens with one attached hydrogen (secondary N) is 1. The van der Waals surface area contributed by atoms with Gasteiger partial charge in [0, 0.05) is 18.5 Å². The van der Waals surface area contributed by atoms with Gasteiger partial charge in [-0.1, -0.05) is 17.3 Å². The number of benzene rings is 1. The first-order valence-corrected chi connectivity index (χ1v) is 6.79. The second-order valence-corrected chi connectivity index (χ2v) is 4.72. The van der Waals surface area contributed by atoms with Gasteiger partial charge in [-0.25, -0.2) is 0 Å². The van der Waals surface area contributed by atoms with Crippen LogP contribution in [0.1, 0.15) is 24.2 Å². The Morgan fingerprint density at radius 2 is 1.96 bits per heavy atom. The summed E-state index contributed by atoms with van der Waals surface area (Å²) in [5, 5.41) is 6.98. The van der Waals surface area contributed by atoms with E-state index in [9.17, 15) is 8.78 Å². The number of nitrogens with zero attached hydrogens (tertiary/aromatic N) is 2. The summed E-state index contributed by atoms with van der Waals surface area (Å²) < 4.78 is 33.5. The number of ether oxygens (including phenoxy) is 1. The van der Waals surface area contributed by atoms with Crippen LogP contribution in [0.2, 0.25) is 0 Å². The summed E-state index contributed by atoms with van der Waals surface area (Å²) in [4.78, 5) is 4.24. The Labute approximate surface area is 139 Å². The van der Waals surface area contributed by atoms with Gasteiger partial charge >= 0.3 is 6.61 Å². The standard InChI is InChI=1S/C15H17F2N3O2.ClH/c1-10(18-2)9-13-19-14(22-20-13)8-5-11-3-6-12(7-4-11)21-15(16)17;/h3-8,10,15,18H,9H2,1-2H3;1H/b8-5+;. The molecule has 1 N–H and O–H groups in total. The maximum atomic E-state index is 12.0. The van der Waals surface area contributed by atoms with Crippen LogP contribution in [0, 0.1) is 0 Å². The summed E-state index contributed by atoms with van der Waals surface area (Å²) in [5.41, 5.74) is 0.810. The first-order chi connectivity index (χ1) is 10.6. The van der Waals surface area contributed by atoms with E-state index in [0.717, 1.165) is 5.56 Å². The van der Waals surface area contributed by atoms with E-state index in [4.69, 9.17) is 4.52 Å². The second kappa shape index (κ2) is 9.22. The van der Waals surface area contributed by atoms with Gasteiger partial charge < -0.3 is 14.6 Å². The predicted octanol–water partition coefficient (Wildman–Crippen LogP) is 3.41. The van der Waals surface area contributed by atoms with Crippen molar-refractivity contribution in [3.63, 3.8) is 0 Å². The fraction of sp³-hybridized carbons (Fsp3) is 0.333. The molecule has 0 amide bonds. The van der Waals surface area contributed by atoms with Crippen LogP contribution >= 0.6 is 12.4 Å². The number of alkyl halides is 2. The smallest absolute Gasteiger partial charge is 0.387 e. The zero-order valence-electron chi connectivity index (χ0n) is 12.7. The molecule has 0 aliphatic heterocycles. The largest absolute Gasteiger partial charge is 0.435 e. The van der Waals surface area contributed by atoms with Gasteiger partial charge in [0.25, 0.3) is 5.89 Å². The molecule has 126 valence electrons. The number of aromatic nitrogens is 2. The lowest BCUT2D eigenvalue weighted by Gasteiger charge is -2.04. The quantitative estimate of drug-likeness (QED) is 0.833. The molecule has 8 heteroatoms. The van der Waals surface area contributed by atoms with Crippen LogP contribution in [0.4, 0.5) is 8.78 Å². The fourth-order valence-electron chi connectivity index (χ4n) is 1.72. The molecule has 1 unspecified atom stereocenters. The Hall–Kier alpha value is -1.99. The lowest BCUT2D eigenvalue weighted by molar-refractivity contribution is -0.0498. The van der Waals surface area contributed by atoms with Crippen molar-refractivity contribution in [2.24, 2.45) is 0 Å². The molecule has 0 aliphatic carbocycles. The van der Waals surface area contributed by atoms with E-state index >= 15 is 0 Å². The molecule has 0 saturated heterocycles. The number of likely N-dealkylation sites (N-methyl/N-ethyl adjacent to an activating group) is 1. The molecule has 2 rings (SSSR count). The molecular weight excluding hydrogens is 328 g/mol. The van der Waals surface area contributed by atoms with Crippen molar-refractivity contribution in [1.29, 1.82) is 0 Å². The van der Waals surface area contributed by atoms with E-state index in [2.05, 4.69) is 20.2 Å². The van der Waals surface area contributed by atoms with Crippen LogP contribution in [0.5, 0.6) is 5.75 Å². The van der Waals surface area contributed by atoms with Crippen molar-refractivity contribution in [2.75, 3.05) is 7.05 Å². The van der Waals surface area contributed by atoms with E-state index in [-0.39, 0.29) is 24.2 Å². The van der Waals surface area contributed by atoms with Crippen LogP contribution in [-0.2, 0) is 6.42 Å². The van der Waals surface area contributed by atoms with E-state index in [1.54, 1.807) is 24.3 Å². The van der Waals surface area contributed by atoms with Gasteiger partial charge in [0.05, 0.1) is 0 Å². The Bertz CT molecular complexity index is 617. The van der Waals surface area contributed by atoms with Crippen molar-refractivity contribution in [3.8, 4) is 5.75 Å². The van der Waals surface area contributed by atoms with Crippen molar-refractivity contribution < 1.29 is 18.0 Å². The average molecular weight is 346 g/mol. The highest BCUT2D eigenvalue weighted by Crippen LogP contribution is 2.16. The summed E-state index contributed by atoms with van der Waals surface area (Å²) in [7, 11) is 1.87. The van der Waals surface area contributed by atoms with Crippen LogP contribution in [0.3, 0.4) is 0 Å². The molecule has 1 heterocycles. The maximum absolute atomic E-state index is 12.0. The van der Waals surface area contributed by atoms with Crippen molar-refractivity contribution in [2.45, 2.75) is 26.0 Å². The fourth-order valence-corrected chi connectivity index (χ4v) is 1.72. The van der Waals surface area contributed by atoms with Gasteiger partial charge in [-0.2, -0.15) is 13.8 Å². The molecule has 5 nitrogen and oxygen atoms in total. The maximum Gasteiger partial charge on any atom is 0.387 e. The zero-order chi connectivity index (χ0) is 15.9. The molecule has 0 bridgehead atoms. The molecule has 1 aromatic heterocycles.